The Morgan fingerprint density at radius 1 is 1.50 bits per heavy atom. The van der Waals surface area contributed by atoms with Gasteiger partial charge in [0.25, 0.3) is 0 Å². The number of nitrogens with zero attached hydrogens (tertiary/aromatic N) is 1. The Morgan fingerprint density at radius 3 is 2.57 bits per heavy atom. The van der Waals surface area contributed by atoms with Crippen molar-refractivity contribution in [2.75, 3.05) is 25.5 Å². The summed E-state index contributed by atoms with van der Waals surface area (Å²) in [7, 11) is 4.16. The van der Waals surface area contributed by atoms with Crippen molar-refractivity contribution < 1.29 is 0 Å². The van der Waals surface area contributed by atoms with Crippen molar-refractivity contribution >= 4 is 16.3 Å². The largest absolute Gasteiger partial charge is 0.364 e. The Bertz CT molecular complexity index is 291. The number of thiophene rings is 1. The van der Waals surface area contributed by atoms with E-state index in [1.165, 1.54) is 10.6 Å². The number of hydrogen-bond donors (Lipinski definition) is 1. The third-order valence-electron chi connectivity index (χ3n) is 2.49. The zero-order valence-corrected chi connectivity index (χ0v) is 10.5. The molecule has 0 aromatic carbocycles. The van der Waals surface area contributed by atoms with Crippen LogP contribution < -0.4 is 10.2 Å². The lowest BCUT2D eigenvalue weighted by Gasteiger charge is -2.30. The minimum atomic E-state index is 0.158. The maximum Gasteiger partial charge on any atom is 0.0936 e. The summed E-state index contributed by atoms with van der Waals surface area (Å²) in [6.45, 7) is 7.61. The zero-order chi connectivity index (χ0) is 10.8. The van der Waals surface area contributed by atoms with E-state index in [-0.39, 0.29) is 5.54 Å². The van der Waals surface area contributed by atoms with Crippen molar-refractivity contribution in [2.24, 2.45) is 0 Å². The first-order chi connectivity index (χ1) is 6.46. The second kappa shape index (κ2) is 4.32. The van der Waals surface area contributed by atoms with Gasteiger partial charge < -0.3 is 10.2 Å². The number of rotatable bonds is 4. The quantitative estimate of drug-likeness (QED) is 0.825. The Hall–Kier alpha value is -0.540. The summed E-state index contributed by atoms with van der Waals surface area (Å²) in [5.41, 5.74) is 1.52. The molecule has 1 N–H and O–H groups in total. The molecular formula is C11H20N2S. The third-order valence-corrected chi connectivity index (χ3v) is 3.62. The molecule has 0 spiro atoms. The van der Waals surface area contributed by atoms with E-state index in [2.05, 4.69) is 49.5 Å². The van der Waals surface area contributed by atoms with Crippen molar-refractivity contribution in [3.63, 3.8) is 0 Å². The van der Waals surface area contributed by atoms with Gasteiger partial charge >= 0.3 is 0 Å². The normalized spacial score (nSPS) is 11.8. The van der Waals surface area contributed by atoms with Crippen LogP contribution >= 0.6 is 11.3 Å². The minimum Gasteiger partial charge on any atom is -0.364 e. The lowest BCUT2D eigenvalue weighted by atomic mass is 10.1. The van der Waals surface area contributed by atoms with Crippen LogP contribution in [-0.2, 0) is 0 Å². The highest BCUT2D eigenvalue weighted by Crippen LogP contribution is 2.26. The predicted molar refractivity (Wildman–Crippen MR) is 65.5 cm³/mol. The van der Waals surface area contributed by atoms with E-state index in [0.717, 1.165) is 6.54 Å². The Morgan fingerprint density at radius 2 is 2.14 bits per heavy atom. The molecule has 3 heteroatoms. The van der Waals surface area contributed by atoms with Crippen LogP contribution in [0.2, 0.25) is 0 Å². The van der Waals surface area contributed by atoms with Gasteiger partial charge in [-0.3, -0.25) is 0 Å². The van der Waals surface area contributed by atoms with Gasteiger partial charge in [0.2, 0.25) is 0 Å². The molecule has 14 heavy (non-hydrogen) atoms. The molecule has 0 aliphatic rings. The highest BCUT2D eigenvalue weighted by Gasteiger charge is 2.18. The summed E-state index contributed by atoms with van der Waals surface area (Å²) in [5, 5.41) is 6.83. The first kappa shape index (κ1) is 11.5. The van der Waals surface area contributed by atoms with Crippen molar-refractivity contribution in [1.82, 2.24) is 5.32 Å². The molecule has 1 rings (SSSR count). The van der Waals surface area contributed by atoms with Crippen molar-refractivity contribution in [3.05, 3.63) is 17.0 Å². The van der Waals surface area contributed by atoms with Crippen LogP contribution in [0.3, 0.4) is 0 Å². The molecule has 0 fully saturated rings. The summed E-state index contributed by atoms with van der Waals surface area (Å²) in [5.74, 6) is 0. The molecule has 1 aromatic heterocycles. The number of anilines is 1. The van der Waals surface area contributed by atoms with Gasteiger partial charge in [0.05, 0.1) is 5.00 Å². The lowest BCUT2D eigenvalue weighted by molar-refractivity contribution is 0.428. The van der Waals surface area contributed by atoms with Crippen molar-refractivity contribution in [3.8, 4) is 0 Å². The molecule has 0 atom stereocenters. The van der Waals surface area contributed by atoms with E-state index in [0.29, 0.717) is 0 Å². The molecule has 0 radical (unpaired) electrons. The van der Waals surface area contributed by atoms with Crippen LogP contribution in [0, 0.1) is 6.92 Å². The van der Waals surface area contributed by atoms with Gasteiger partial charge in [-0.2, -0.15) is 0 Å². The zero-order valence-electron chi connectivity index (χ0n) is 9.72. The first-order valence-electron chi connectivity index (χ1n) is 4.90. The van der Waals surface area contributed by atoms with Crippen LogP contribution in [0.25, 0.3) is 0 Å². The molecule has 0 aliphatic carbocycles. The van der Waals surface area contributed by atoms with E-state index in [1.54, 1.807) is 11.3 Å². The molecule has 1 heterocycles. The van der Waals surface area contributed by atoms with Crippen LogP contribution in [0.1, 0.15) is 19.4 Å². The van der Waals surface area contributed by atoms with E-state index in [9.17, 15) is 0 Å². The smallest absolute Gasteiger partial charge is 0.0936 e. The predicted octanol–water partition coefficient (Wildman–Crippen LogP) is 2.49. The summed E-state index contributed by atoms with van der Waals surface area (Å²) in [6, 6.07) is 2.17. The van der Waals surface area contributed by atoms with Crippen molar-refractivity contribution in [1.29, 1.82) is 0 Å². The van der Waals surface area contributed by atoms with Crippen molar-refractivity contribution in [2.45, 2.75) is 26.3 Å². The molecule has 0 saturated heterocycles. The molecular weight excluding hydrogens is 192 g/mol. The Kier molecular flexibility index (Phi) is 3.56. The summed E-state index contributed by atoms with van der Waals surface area (Å²) in [4.78, 5) is 2.32. The average Bonchev–Trinajstić information content (AvgIpc) is 2.51. The van der Waals surface area contributed by atoms with Gasteiger partial charge in [0.15, 0.2) is 0 Å². The summed E-state index contributed by atoms with van der Waals surface area (Å²) in [6.07, 6.45) is 0. The van der Waals surface area contributed by atoms with Gasteiger partial charge in [-0.15, -0.1) is 11.3 Å². The van der Waals surface area contributed by atoms with Crippen LogP contribution in [0.4, 0.5) is 5.00 Å². The van der Waals surface area contributed by atoms with Crippen LogP contribution in [0.5, 0.6) is 0 Å². The fourth-order valence-electron chi connectivity index (χ4n) is 1.50. The Labute approximate surface area is 90.9 Å². The highest BCUT2D eigenvalue weighted by molar-refractivity contribution is 7.14. The molecule has 0 bridgehead atoms. The summed E-state index contributed by atoms with van der Waals surface area (Å²) >= 11 is 1.81. The SMILES string of the molecule is CNC(C)(C)CN(C)c1sccc1C. The molecule has 2 nitrogen and oxygen atoms in total. The topological polar surface area (TPSA) is 15.3 Å². The van der Waals surface area contributed by atoms with Crippen LogP contribution in [-0.4, -0.2) is 26.2 Å². The fourth-order valence-corrected chi connectivity index (χ4v) is 2.40. The van der Waals surface area contributed by atoms with Gasteiger partial charge in [0, 0.05) is 19.1 Å². The molecule has 0 aliphatic heterocycles. The minimum absolute atomic E-state index is 0.158. The first-order valence-corrected chi connectivity index (χ1v) is 5.78. The molecule has 80 valence electrons. The number of hydrogen-bond acceptors (Lipinski definition) is 3. The molecule has 1 aromatic rings. The number of aryl methyl sites for hydroxylation is 1. The molecule has 0 saturated carbocycles. The summed E-state index contributed by atoms with van der Waals surface area (Å²) < 4.78 is 0. The van der Waals surface area contributed by atoms with Gasteiger partial charge in [-0.25, -0.2) is 0 Å². The lowest BCUT2D eigenvalue weighted by Crippen LogP contribution is -2.46. The van der Waals surface area contributed by atoms with E-state index >= 15 is 0 Å². The standard InChI is InChI=1S/C11H20N2S/c1-9-6-7-14-10(9)13(5)8-11(2,3)12-4/h6-7,12H,8H2,1-5H3. The number of likely N-dealkylation sites (N-methyl/N-ethyl adjacent to an activating group) is 2. The van der Waals surface area contributed by atoms with E-state index < -0.39 is 0 Å². The number of nitrogens with one attached hydrogen (secondary N) is 1. The second-order valence-electron chi connectivity index (χ2n) is 4.40. The van der Waals surface area contributed by atoms with Gasteiger partial charge in [-0.1, -0.05) is 0 Å². The van der Waals surface area contributed by atoms with Gasteiger partial charge in [-0.05, 0) is 44.8 Å². The maximum atomic E-state index is 3.32. The molecule has 0 unspecified atom stereocenters. The Balaban J connectivity index is 2.68. The average molecular weight is 212 g/mol. The van der Waals surface area contributed by atoms with Crippen LogP contribution in [0.15, 0.2) is 11.4 Å². The highest BCUT2D eigenvalue weighted by atomic mass is 32.1. The fraction of sp³-hybridized carbons (Fsp3) is 0.636. The second-order valence-corrected chi connectivity index (χ2v) is 5.29. The van der Waals surface area contributed by atoms with E-state index in [1.807, 2.05) is 7.05 Å². The molecule has 0 amide bonds. The monoisotopic (exact) mass is 212 g/mol. The maximum absolute atomic E-state index is 3.32. The van der Waals surface area contributed by atoms with Gasteiger partial charge in [0.1, 0.15) is 0 Å². The van der Waals surface area contributed by atoms with E-state index in [4.69, 9.17) is 0 Å². The third kappa shape index (κ3) is 2.72.